The second-order valence-corrected chi connectivity index (χ2v) is 4.77. The van der Waals surface area contributed by atoms with Crippen LogP contribution in [0.5, 0.6) is 5.75 Å². The summed E-state index contributed by atoms with van der Waals surface area (Å²) in [5.41, 5.74) is 1.58. The molecule has 21 heavy (non-hydrogen) atoms. The Balaban J connectivity index is 1.91. The van der Waals surface area contributed by atoms with E-state index < -0.39 is 0 Å². The molecule has 0 aliphatic rings. The number of aromatic nitrogens is 1. The van der Waals surface area contributed by atoms with Crippen molar-refractivity contribution < 1.29 is 9.53 Å². The topological polar surface area (TPSA) is 51.2 Å². The van der Waals surface area contributed by atoms with E-state index in [1.165, 1.54) is 0 Å². The molecule has 0 spiro atoms. The maximum absolute atomic E-state index is 12.1. The normalized spacial score (nSPS) is 10.1. The quantitative estimate of drug-likeness (QED) is 0.794. The molecule has 1 N–H and O–H groups in total. The first-order valence-electron chi connectivity index (χ1n) is 7.19. The van der Waals surface area contributed by atoms with E-state index in [4.69, 9.17) is 4.74 Å². The first-order valence-corrected chi connectivity index (χ1v) is 7.19. The maximum Gasteiger partial charge on any atom is 0.251 e. The summed E-state index contributed by atoms with van der Waals surface area (Å²) in [7, 11) is 0. The molecule has 1 aromatic carbocycles. The van der Waals surface area contributed by atoms with Crippen LogP contribution in [0.3, 0.4) is 0 Å². The first kappa shape index (κ1) is 15.0. The van der Waals surface area contributed by atoms with Gasteiger partial charge >= 0.3 is 0 Å². The van der Waals surface area contributed by atoms with Gasteiger partial charge in [0.25, 0.3) is 5.91 Å². The Kier molecular flexibility index (Phi) is 5.76. The SMILES string of the molecule is CCCCOc1cccc(C(=O)NCc2cccnc2)c1. The van der Waals surface area contributed by atoms with Crippen LogP contribution in [0, 0.1) is 0 Å². The molecular formula is C17H20N2O2. The van der Waals surface area contributed by atoms with Crippen molar-refractivity contribution in [1.82, 2.24) is 10.3 Å². The van der Waals surface area contributed by atoms with Crippen molar-refractivity contribution in [1.29, 1.82) is 0 Å². The first-order chi connectivity index (χ1) is 10.3. The van der Waals surface area contributed by atoms with Crippen molar-refractivity contribution in [3.05, 3.63) is 59.9 Å². The number of hydrogen-bond acceptors (Lipinski definition) is 3. The van der Waals surface area contributed by atoms with Crippen LogP contribution in [0.4, 0.5) is 0 Å². The average Bonchev–Trinajstić information content (AvgIpc) is 2.54. The van der Waals surface area contributed by atoms with E-state index in [0.717, 1.165) is 24.2 Å². The third-order valence-corrected chi connectivity index (χ3v) is 3.04. The van der Waals surface area contributed by atoms with Gasteiger partial charge in [-0.3, -0.25) is 9.78 Å². The third-order valence-electron chi connectivity index (χ3n) is 3.04. The zero-order valence-corrected chi connectivity index (χ0v) is 12.2. The van der Waals surface area contributed by atoms with Gasteiger partial charge in [0, 0.05) is 24.5 Å². The number of nitrogens with one attached hydrogen (secondary N) is 1. The number of carbonyl (C=O) groups is 1. The second-order valence-electron chi connectivity index (χ2n) is 4.77. The minimum absolute atomic E-state index is 0.111. The van der Waals surface area contributed by atoms with E-state index in [0.29, 0.717) is 18.7 Å². The smallest absolute Gasteiger partial charge is 0.251 e. The summed E-state index contributed by atoms with van der Waals surface area (Å²) in [6.45, 7) is 3.26. The van der Waals surface area contributed by atoms with Gasteiger partial charge in [0.05, 0.1) is 6.61 Å². The highest BCUT2D eigenvalue weighted by Crippen LogP contribution is 2.14. The minimum atomic E-state index is -0.111. The second kappa shape index (κ2) is 8.04. The fourth-order valence-electron chi connectivity index (χ4n) is 1.85. The number of hydrogen-bond donors (Lipinski definition) is 1. The summed E-state index contributed by atoms with van der Waals surface area (Å²) in [6.07, 6.45) is 5.55. The van der Waals surface area contributed by atoms with Gasteiger partial charge in [-0.05, 0) is 36.2 Å². The summed E-state index contributed by atoms with van der Waals surface area (Å²) < 4.78 is 5.61. The van der Waals surface area contributed by atoms with Crippen LogP contribution < -0.4 is 10.1 Å². The van der Waals surface area contributed by atoms with Gasteiger partial charge < -0.3 is 10.1 Å². The van der Waals surface area contributed by atoms with Gasteiger partial charge in [-0.25, -0.2) is 0 Å². The molecule has 0 aliphatic heterocycles. The molecule has 2 aromatic rings. The van der Waals surface area contributed by atoms with Crippen molar-refractivity contribution in [3.63, 3.8) is 0 Å². The summed E-state index contributed by atoms with van der Waals surface area (Å²) in [6, 6.07) is 11.0. The Bertz CT molecular complexity index is 570. The van der Waals surface area contributed by atoms with Gasteiger partial charge in [-0.1, -0.05) is 25.5 Å². The van der Waals surface area contributed by atoms with Gasteiger partial charge in [0.1, 0.15) is 5.75 Å². The number of benzene rings is 1. The van der Waals surface area contributed by atoms with E-state index in [2.05, 4.69) is 17.2 Å². The Labute approximate surface area is 125 Å². The number of pyridine rings is 1. The van der Waals surface area contributed by atoms with Crippen molar-refractivity contribution in [2.24, 2.45) is 0 Å². The Morgan fingerprint density at radius 1 is 1.29 bits per heavy atom. The molecule has 0 saturated carbocycles. The molecule has 1 heterocycles. The molecule has 1 amide bonds. The molecule has 0 saturated heterocycles. The maximum atomic E-state index is 12.1. The monoisotopic (exact) mass is 284 g/mol. The summed E-state index contributed by atoms with van der Waals surface area (Å²) >= 11 is 0. The van der Waals surface area contributed by atoms with Crippen LogP contribution in [-0.2, 0) is 6.54 Å². The van der Waals surface area contributed by atoms with Crippen LogP contribution >= 0.6 is 0 Å². The molecule has 0 fully saturated rings. The van der Waals surface area contributed by atoms with Crippen molar-refractivity contribution >= 4 is 5.91 Å². The molecule has 0 radical (unpaired) electrons. The fraction of sp³-hybridized carbons (Fsp3) is 0.294. The molecule has 4 heteroatoms. The Morgan fingerprint density at radius 2 is 2.19 bits per heavy atom. The minimum Gasteiger partial charge on any atom is -0.494 e. The Morgan fingerprint density at radius 3 is 2.95 bits per heavy atom. The van der Waals surface area contributed by atoms with Crippen LogP contribution in [0.1, 0.15) is 35.7 Å². The van der Waals surface area contributed by atoms with E-state index in [1.54, 1.807) is 24.5 Å². The lowest BCUT2D eigenvalue weighted by atomic mass is 10.2. The predicted molar refractivity (Wildman–Crippen MR) is 82.3 cm³/mol. The molecule has 2 rings (SSSR count). The van der Waals surface area contributed by atoms with Crippen LogP contribution in [0.15, 0.2) is 48.8 Å². The fourth-order valence-corrected chi connectivity index (χ4v) is 1.85. The number of amides is 1. The molecule has 0 atom stereocenters. The van der Waals surface area contributed by atoms with E-state index in [9.17, 15) is 4.79 Å². The number of unbranched alkanes of at least 4 members (excludes halogenated alkanes) is 1. The van der Waals surface area contributed by atoms with Crippen LogP contribution in [0.2, 0.25) is 0 Å². The zero-order chi connectivity index (χ0) is 14.9. The Hall–Kier alpha value is -2.36. The van der Waals surface area contributed by atoms with Crippen LogP contribution in [-0.4, -0.2) is 17.5 Å². The molecular weight excluding hydrogens is 264 g/mol. The highest BCUT2D eigenvalue weighted by Gasteiger charge is 2.06. The van der Waals surface area contributed by atoms with Crippen LogP contribution in [0.25, 0.3) is 0 Å². The number of nitrogens with zero attached hydrogens (tertiary/aromatic N) is 1. The van der Waals surface area contributed by atoms with Gasteiger partial charge in [0.2, 0.25) is 0 Å². The zero-order valence-electron chi connectivity index (χ0n) is 12.2. The van der Waals surface area contributed by atoms with Gasteiger partial charge in [0.15, 0.2) is 0 Å². The molecule has 0 unspecified atom stereocenters. The highest BCUT2D eigenvalue weighted by molar-refractivity contribution is 5.94. The predicted octanol–water partition coefficient (Wildman–Crippen LogP) is 3.19. The van der Waals surface area contributed by atoms with Gasteiger partial charge in [-0.15, -0.1) is 0 Å². The largest absolute Gasteiger partial charge is 0.494 e. The number of ether oxygens (including phenoxy) is 1. The molecule has 110 valence electrons. The van der Waals surface area contributed by atoms with Crippen molar-refractivity contribution in [2.75, 3.05) is 6.61 Å². The van der Waals surface area contributed by atoms with Crippen molar-refractivity contribution in [3.8, 4) is 5.75 Å². The molecule has 0 aliphatic carbocycles. The lowest BCUT2D eigenvalue weighted by Gasteiger charge is -2.08. The molecule has 1 aromatic heterocycles. The summed E-state index contributed by atoms with van der Waals surface area (Å²) in [5, 5.41) is 2.88. The molecule has 0 bridgehead atoms. The standard InChI is InChI=1S/C17H20N2O2/c1-2-3-10-21-16-8-4-7-15(11-16)17(20)19-13-14-6-5-9-18-12-14/h4-9,11-12H,2-3,10,13H2,1H3,(H,19,20). The van der Waals surface area contributed by atoms with Crippen molar-refractivity contribution in [2.45, 2.75) is 26.3 Å². The highest BCUT2D eigenvalue weighted by atomic mass is 16.5. The molecule has 4 nitrogen and oxygen atoms in total. The summed E-state index contributed by atoms with van der Waals surface area (Å²) in [4.78, 5) is 16.1. The average molecular weight is 284 g/mol. The summed E-state index contributed by atoms with van der Waals surface area (Å²) in [5.74, 6) is 0.622. The lowest BCUT2D eigenvalue weighted by Crippen LogP contribution is -2.22. The van der Waals surface area contributed by atoms with Gasteiger partial charge in [-0.2, -0.15) is 0 Å². The third kappa shape index (κ3) is 4.91. The number of rotatable bonds is 7. The lowest BCUT2D eigenvalue weighted by molar-refractivity contribution is 0.0950. The van der Waals surface area contributed by atoms with E-state index in [-0.39, 0.29) is 5.91 Å². The van der Waals surface area contributed by atoms with E-state index >= 15 is 0 Å². The number of carbonyl (C=O) groups excluding carboxylic acids is 1. The van der Waals surface area contributed by atoms with E-state index in [1.807, 2.05) is 24.3 Å².